The van der Waals surface area contributed by atoms with Crippen molar-refractivity contribution >= 4 is 23.3 Å². The molecule has 0 saturated heterocycles. The number of aromatic nitrogens is 1. The summed E-state index contributed by atoms with van der Waals surface area (Å²) in [5.74, 6) is -1.03. The van der Waals surface area contributed by atoms with Gasteiger partial charge in [0.25, 0.3) is 0 Å². The van der Waals surface area contributed by atoms with Crippen LogP contribution in [-0.4, -0.2) is 27.6 Å². The molecule has 1 aromatic rings. The monoisotopic (exact) mass is 271 g/mol. The van der Waals surface area contributed by atoms with Gasteiger partial charge in [-0.1, -0.05) is 13.3 Å². The molecule has 0 aromatic carbocycles. The summed E-state index contributed by atoms with van der Waals surface area (Å²) in [5, 5.41) is 16.8. The number of nitrogens with one attached hydrogen (secondary N) is 2. The summed E-state index contributed by atoms with van der Waals surface area (Å²) in [6.07, 6.45) is 2.71. The topological polar surface area (TPSA) is 91.3 Å². The smallest absolute Gasteiger partial charge is 0.329 e. The van der Waals surface area contributed by atoms with Crippen LogP contribution < -0.4 is 10.6 Å². The fourth-order valence-electron chi connectivity index (χ4n) is 1.51. The number of carboxylic acid groups (broad SMARTS) is 1. The van der Waals surface area contributed by atoms with Crippen LogP contribution in [0.5, 0.6) is 0 Å². The lowest BCUT2D eigenvalue weighted by Crippen LogP contribution is -2.55. The molecule has 1 aromatic heterocycles. The standard InChI is InChI=1S/C11H17N3O3S/c1-3-4-11(2,9(15)16)14-10(17)13-7-8-12-5-6-18-8/h5-6H,3-4,7H2,1-2H3,(H,15,16)(H2,13,14,17). The van der Waals surface area contributed by atoms with Crippen molar-refractivity contribution in [1.82, 2.24) is 15.6 Å². The number of thiazole rings is 1. The molecule has 0 aliphatic rings. The normalized spacial score (nSPS) is 13.7. The third kappa shape index (κ3) is 3.99. The second kappa shape index (κ2) is 6.34. The first-order valence-corrected chi connectivity index (χ1v) is 6.53. The van der Waals surface area contributed by atoms with Gasteiger partial charge in [-0.05, 0) is 13.3 Å². The van der Waals surface area contributed by atoms with E-state index >= 15 is 0 Å². The van der Waals surface area contributed by atoms with E-state index in [0.717, 1.165) is 5.01 Å². The number of urea groups is 1. The highest BCUT2D eigenvalue weighted by atomic mass is 32.1. The summed E-state index contributed by atoms with van der Waals surface area (Å²) < 4.78 is 0. The van der Waals surface area contributed by atoms with Crippen LogP contribution in [0.25, 0.3) is 0 Å². The first-order chi connectivity index (χ1) is 8.48. The molecule has 0 aliphatic heterocycles. The molecule has 0 radical (unpaired) electrons. The number of amides is 2. The molecule has 2 amide bonds. The number of rotatable bonds is 6. The van der Waals surface area contributed by atoms with Crippen molar-refractivity contribution in [2.75, 3.05) is 0 Å². The number of carboxylic acids is 1. The van der Waals surface area contributed by atoms with E-state index in [0.29, 0.717) is 19.4 Å². The molecule has 100 valence electrons. The number of carbonyl (C=O) groups is 2. The van der Waals surface area contributed by atoms with Crippen LogP contribution in [0.15, 0.2) is 11.6 Å². The van der Waals surface area contributed by atoms with Crippen LogP contribution in [0.4, 0.5) is 4.79 Å². The van der Waals surface area contributed by atoms with E-state index in [1.165, 1.54) is 18.3 Å². The number of aliphatic carboxylic acids is 1. The van der Waals surface area contributed by atoms with Crippen molar-refractivity contribution in [3.05, 3.63) is 16.6 Å². The molecule has 18 heavy (non-hydrogen) atoms. The molecular weight excluding hydrogens is 254 g/mol. The molecule has 1 atom stereocenters. The summed E-state index contributed by atoms with van der Waals surface area (Å²) in [5.41, 5.74) is -1.23. The average Bonchev–Trinajstić information content (AvgIpc) is 2.79. The Morgan fingerprint density at radius 2 is 2.28 bits per heavy atom. The minimum absolute atomic E-state index is 0.297. The molecule has 3 N–H and O–H groups in total. The van der Waals surface area contributed by atoms with Crippen LogP contribution >= 0.6 is 11.3 Å². The van der Waals surface area contributed by atoms with Gasteiger partial charge in [-0.25, -0.2) is 14.6 Å². The first-order valence-electron chi connectivity index (χ1n) is 5.65. The number of hydrogen-bond donors (Lipinski definition) is 3. The van der Waals surface area contributed by atoms with Crippen molar-refractivity contribution < 1.29 is 14.7 Å². The zero-order chi connectivity index (χ0) is 13.6. The van der Waals surface area contributed by atoms with Crippen LogP contribution in [0.2, 0.25) is 0 Å². The number of carbonyl (C=O) groups excluding carboxylic acids is 1. The molecule has 0 bridgehead atoms. The predicted molar refractivity (Wildman–Crippen MR) is 68.4 cm³/mol. The Hall–Kier alpha value is -1.63. The third-order valence-electron chi connectivity index (χ3n) is 2.50. The number of hydrogen-bond acceptors (Lipinski definition) is 4. The lowest BCUT2D eigenvalue weighted by atomic mass is 9.97. The lowest BCUT2D eigenvalue weighted by Gasteiger charge is -2.25. The third-order valence-corrected chi connectivity index (χ3v) is 3.27. The van der Waals surface area contributed by atoms with Gasteiger partial charge in [-0.15, -0.1) is 11.3 Å². The highest BCUT2D eigenvalue weighted by molar-refractivity contribution is 7.09. The quantitative estimate of drug-likeness (QED) is 0.732. The zero-order valence-electron chi connectivity index (χ0n) is 10.4. The molecule has 1 unspecified atom stereocenters. The van der Waals surface area contributed by atoms with Crippen LogP contribution in [0.1, 0.15) is 31.7 Å². The maximum atomic E-state index is 11.6. The van der Waals surface area contributed by atoms with Crippen molar-refractivity contribution in [2.45, 2.75) is 38.8 Å². The summed E-state index contributed by atoms with van der Waals surface area (Å²) in [6, 6.07) is -0.497. The Morgan fingerprint density at radius 3 is 2.78 bits per heavy atom. The van der Waals surface area contributed by atoms with Gasteiger partial charge in [-0.3, -0.25) is 0 Å². The second-order valence-corrected chi connectivity index (χ2v) is 5.10. The molecule has 1 heterocycles. The molecule has 1 rings (SSSR count). The van der Waals surface area contributed by atoms with Crippen LogP contribution in [0, 0.1) is 0 Å². The Bertz CT molecular complexity index is 408. The first kappa shape index (κ1) is 14.4. The van der Waals surface area contributed by atoms with Gasteiger partial charge < -0.3 is 15.7 Å². The summed E-state index contributed by atoms with van der Waals surface area (Å²) >= 11 is 1.43. The minimum atomic E-state index is -1.23. The SMILES string of the molecule is CCCC(C)(NC(=O)NCc1nccs1)C(=O)O. The van der Waals surface area contributed by atoms with Gasteiger partial charge in [-0.2, -0.15) is 0 Å². The largest absolute Gasteiger partial charge is 0.480 e. The Morgan fingerprint density at radius 1 is 1.56 bits per heavy atom. The fraction of sp³-hybridized carbons (Fsp3) is 0.545. The Kier molecular flexibility index (Phi) is 5.08. The van der Waals surface area contributed by atoms with Gasteiger partial charge in [0.1, 0.15) is 10.5 Å². The highest BCUT2D eigenvalue weighted by Gasteiger charge is 2.33. The van der Waals surface area contributed by atoms with Crippen molar-refractivity contribution in [3.8, 4) is 0 Å². The van der Waals surface area contributed by atoms with Crippen LogP contribution in [0.3, 0.4) is 0 Å². The van der Waals surface area contributed by atoms with Gasteiger partial charge >= 0.3 is 12.0 Å². The van der Waals surface area contributed by atoms with E-state index < -0.39 is 17.5 Å². The van der Waals surface area contributed by atoms with E-state index in [9.17, 15) is 9.59 Å². The predicted octanol–water partition coefficient (Wildman–Crippen LogP) is 1.59. The van der Waals surface area contributed by atoms with E-state index in [-0.39, 0.29) is 0 Å². The maximum absolute atomic E-state index is 11.6. The Labute approximate surface area is 109 Å². The summed E-state index contributed by atoms with van der Waals surface area (Å²) in [4.78, 5) is 26.8. The molecule has 0 saturated carbocycles. The molecule has 0 fully saturated rings. The maximum Gasteiger partial charge on any atom is 0.329 e. The minimum Gasteiger partial charge on any atom is -0.480 e. The van der Waals surface area contributed by atoms with E-state index in [1.54, 1.807) is 6.20 Å². The number of nitrogens with zero attached hydrogens (tertiary/aromatic N) is 1. The summed E-state index contributed by atoms with van der Waals surface area (Å²) in [7, 11) is 0. The fourth-order valence-corrected chi connectivity index (χ4v) is 2.07. The summed E-state index contributed by atoms with van der Waals surface area (Å²) in [6.45, 7) is 3.67. The Balaban J connectivity index is 2.49. The van der Waals surface area contributed by atoms with E-state index in [2.05, 4.69) is 15.6 Å². The molecule has 0 aliphatic carbocycles. The molecule has 7 heteroatoms. The van der Waals surface area contributed by atoms with Gasteiger partial charge in [0, 0.05) is 11.6 Å². The van der Waals surface area contributed by atoms with Crippen molar-refractivity contribution in [3.63, 3.8) is 0 Å². The van der Waals surface area contributed by atoms with E-state index in [4.69, 9.17) is 5.11 Å². The molecule has 0 spiro atoms. The van der Waals surface area contributed by atoms with E-state index in [1.807, 2.05) is 12.3 Å². The zero-order valence-corrected chi connectivity index (χ0v) is 11.2. The second-order valence-electron chi connectivity index (χ2n) is 4.12. The average molecular weight is 271 g/mol. The van der Waals surface area contributed by atoms with Crippen molar-refractivity contribution in [2.24, 2.45) is 0 Å². The van der Waals surface area contributed by atoms with Crippen LogP contribution in [-0.2, 0) is 11.3 Å². The van der Waals surface area contributed by atoms with Gasteiger partial charge in [0.2, 0.25) is 0 Å². The highest BCUT2D eigenvalue weighted by Crippen LogP contribution is 2.12. The van der Waals surface area contributed by atoms with Gasteiger partial charge in [0.05, 0.1) is 6.54 Å². The van der Waals surface area contributed by atoms with Gasteiger partial charge in [0.15, 0.2) is 0 Å². The van der Waals surface area contributed by atoms with Crippen molar-refractivity contribution in [1.29, 1.82) is 0 Å². The lowest BCUT2D eigenvalue weighted by molar-refractivity contribution is -0.144. The molecular formula is C11H17N3O3S. The molecule has 6 nitrogen and oxygen atoms in total.